The molecule has 1 aliphatic heterocycles. The van der Waals surface area contributed by atoms with Crippen molar-refractivity contribution in [1.82, 2.24) is 10.2 Å². The number of likely N-dealkylation sites (tertiary alicyclic amines) is 1. The number of hydrogen-bond donors (Lipinski definition) is 1. The second-order valence-electron chi connectivity index (χ2n) is 4.72. The second-order valence-corrected chi connectivity index (χ2v) is 4.72. The Hall–Kier alpha value is -1.31. The van der Waals surface area contributed by atoms with E-state index in [2.05, 4.69) is 5.32 Å². The van der Waals surface area contributed by atoms with Gasteiger partial charge in [-0.25, -0.2) is 0 Å². The van der Waals surface area contributed by atoms with Crippen LogP contribution in [-0.2, 0) is 14.3 Å². The Morgan fingerprint density at radius 3 is 2.50 bits per heavy atom. The Balaban J connectivity index is 2.77. The summed E-state index contributed by atoms with van der Waals surface area (Å²) in [6.07, 6.45) is -4.49. The lowest BCUT2D eigenvalue weighted by Gasteiger charge is -2.40. The number of nitrogens with one attached hydrogen (secondary N) is 1. The van der Waals surface area contributed by atoms with Crippen LogP contribution in [-0.4, -0.2) is 54.7 Å². The van der Waals surface area contributed by atoms with Gasteiger partial charge in [0.25, 0.3) is 0 Å². The molecule has 0 saturated carbocycles. The average molecular weight is 296 g/mol. The molecule has 1 N–H and O–H groups in total. The molecule has 1 aliphatic rings. The number of halogens is 3. The molecule has 1 saturated heterocycles. The molecule has 1 fully saturated rings. The van der Waals surface area contributed by atoms with E-state index in [4.69, 9.17) is 4.74 Å². The summed E-state index contributed by atoms with van der Waals surface area (Å²) in [7, 11) is 0. The molecule has 0 radical (unpaired) electrons. The van der Waals surface area contributed by atoms with E-state index in [9.17, 15) is 22.8 Å². The van der Waals surface area contributed by atoms with Crippen LogP contribution in [0, 0.1) is 0 Å². The predicted octanol–water partition coefficient (Wildman–Crippen LogP) is 1.08. The Kier molecular flexibility index (Phi) is 5.79. The van der Waals surface area contributed by atoms with E-state index in [0.29, 0.717) is 0 Å². The minimum absolute atomic E-state index is 0.143. The van der Waals surface area contributed by atoms with Crippen molar-refractivity contribution in [3.8, 4) is 0 Å². The summed E-state index contributed by atoms with van der Waals surface area (Å²) in [4.78, 5) is 23.6. The lowest BCUT2D eigenvalue weighted by atomic mass is 9.97. The van der Waals surface area contributed by atoms with Crippen molar-refractivity contribution < 1.29 is 27.5 Å². The first-order chi connectivity index (χ1) is 9.25. The largest absolute Gasteiger partial charge is 0.408 e. The first-order valence-corrected chi connectivity index (χ1v) is 6.46. The van der Waals surface area contributed by atoms with Gasteiger partial charge in [-0.05, 0) is 19.8 Å². The van der Waals surface area contributed by atoms with Crippen LogP contribution in [0.3, 0.4) is 0 Å². The second kappa shape index (κ2) is 6.92. The number of amides is 2. The number of carbonyl (C=O) groups excluding carboxylic acids is 2. The van der Waals surface area contributed by atoms with E-state index in [1.54, 1.807) is 6.92 Å². The molecule has 1 heterocycles. The van der Waals surface area contributed by atoms with E-state index < -0.39 is 24.2 Å². The fourth-order valence-corrected chi connectivity index (χ4v) is 2.26. The van der Waals surface area contributed by atoms with Crippen molar-refractivity contribution in [2.24, 2.45) is 0 Å². The monoisotopic (exact) mass is 296 g/mol. The average Bonchev–Trinajstić information content (AvgIpc) is 2.33. The van der Waals surface area contributed by atoms with Gasteiger partial charge in [-0.3, -0.25) is 9.59 Å². The Labute approximate surface area is 115 Å². The standard InChI is InChI=1S/C12H19F3N2O3/c1-3-20-7-11(19)17-6-9(16-8(2)18)4-5-10(17)12(13,14)15/h9-10H,3-7H2,1-2H3,(H,16,18)/t9-,10-/m1/s1. The number of nitrogens with zero attached hydrogens (tertiary/aromatic N) is 1. The molecule has 5 nitrogen and oxygen atoms in total. The fourth-order valence-electron chi connectivity index (χ4n) is 2.26. The summed E-state index contributed by atoms with van der Waals surface area (Å²) in [5, 5.41) is 2.55. The molecule has 0 aromatic carbocycles. The van der Waals surface area contributed by atoms with Gasteiger partial charge in [0, 0.05) is 26.1 Å². The highest BCUT2D eigenvalue weighted by atomic mass is 19.4. The third-order valence-corrected chi connectivity index (χ3v) is 3.12. The summed E-state index contributed by atoms with van der Waals surface area (Å²) >= 11 is 0. The summed E-state index contributed by atoms with van der Waals surface area (Å²) in [5.74, 6) is -1.03. The number of carbonyl (C=O) groups is 2. The van der Waals surface area contributed by atoms with Crippen molar-refractivity contribution >= 4 is 11.8 Å². The maximum absolute atomic E-state index is 12.9. The maximum atomic E-state index is 12.9. The summed E-state index contributed by atoms with van der Waals surface area (Å²) < 4.78 is 43.7. The van der Waals surface area contributed by atoms with Crippen LogP contribution in [0.1, 0.15) is 26.7 Å². The molecule has 0 aromatic heterocycles. The first kappa shape index (κ1) is 16.7. The van der Waals surface area contributed by atoms with Crippen LogP contribution in [0.5, 0.6) is 0 Å². The third-order valence-electron chi connectivity index (χ3n) is 3.12. The van der Waals surface area contributed by atoms with Crippen molar-refractivity contribution in [2.75, 3.05) is 19.8 Å². The van der Waals surface area contributed by atoms with Gasteiger partial charge in [0.15, 0.2) is 0 Å². The van der Waals surface area contributed by atoms with Gasteiger partial charge < -0.3 is 15.0 Å². The smallest absolute Gasteiger partial charge is 0.372 e. The minimum atomic E-state index is -4.47. The van der Waals surface area contributed by atoms with Gasteiger partial charge in [0.05, 0.1) is 0 Å². The summed E-state index contributed by atoms with van der Waals surface area (Å²) in [6.45, 7) is 2.68. The predicted molar refractivity (Wildman–Crippen MR) is 64.9 cm³/mol. The summed E-state index contributed by atoms with van der Waals surface area (Å²) in [5.41, 5.74) is 0. The highest BCUT2D eigenvalue weighted by molar-refractivity contribution is 5.78. The van der Waals surface area contributed by atoms with Crippen LogP contribution in [0.2, 0.25) is 0 Å². The van der Waals surface area contributed by atoms with E-state index in [1.165, 1.54) is 6.92 Å². The zero-order valence-electron chi connectivity index (χ0n) is 11.5. The molecule has 2 amide bonds. The highest BCUT2D eigenvalue weighted by Crippen LogP contribution is 2.32. The molecule has 0 unspecified atom stereocenters. The SMILES string of the molecule is CCOCC(=O)N1C[C@H](NC(C)=O)CC[C@@H]1C(F)(F)F. The van der Waals surface area contributed by atoms with Gasteiger partial charge in [0.2, 0.25) is 11.8 Å². The fraction of sp³-hybridized carbons (Fsp3) is 0.833. The quantitative estimate of drug-likeness (QED) is 0.844. The van der Waals surface area contributed by atoms with Crippen LogP contribution in [0.15, 0.2) is 0 Å². The molecule has 0 bridgehead atoms. The van der Waals surface area contributed by atoms with Gasteiger partial charge in [-0.1, -0.05) is 0 Å². The number of piperidine rings is 1. The van der Waals surface area contributed by atoms with Crippen LogP contribution < -0.4 is 5.32 Å². The van der Waals surface area contributed by atoms with Crippen molar-refractivity contribution in [3.05, 3.63) is 0 Å². The van der Waals surface area contributed by atoms with Crippen molar-refractivity contribution in [2.45, 2.75) is 44.9 Å². The normalized spacial score (nSPS) is 23.6. The zero-order chi connectivity index (χ0) is 15.3. The zero-order valence-corrected chi connectivity index (χ0v) is 11.5. The molecular formula is C12H19F3N2O3. The topological polar surface area (TPSA) is 58.6 Å². The van der Waals surface area contributed by atoms with Crippen molar-refractivity contribution in [3.63, 3.8) is 0 Å². The third kappa shape index (κ3) is 4.66. The number of alkyl halides is 3. The van der Waals surface area contributed by atoms with Crippen molar-refractivity contribution in [1.29, 1.82) is 0 Å². The van der Waals surface area contributed by atoms with Crippen LogP contribution >= 0.6 is 0 Å². The molecule has 2 atom stereocenters. The van der Waals surface area contributed by atoms with E-state index >= 15 is 0 Å². The lowest BCUT2D eigenvalue weighted by Crippen LogP contribution is -2.58. The van der Waals surface area contributed by atoms with Gasteiger partial charge in [0.1, 0.15) is 12.6 Å². The minimum Gasteiger partial charge on any atom is -0.372 e. The van der Waals surface area contributed by atoms with E-state index in [0.717, 1.165) is 4.90 Å². The molecule has 1 rings (SSSR count). The first-order valence-electron chi connectivity index (χ1n) is 6.46. The summed E-state index contributed by atoms with van der Waals surface area (Å²) in [6, 6.07) is -2.25. The maximum Gasteiger partial charge on any atom is 0.408 e. The number of ether oxygens (including phenoxy) is 1. The lowest BCUT2D eigenvalue weighted by molar-refractivity contribution is -0.199. The molecule has 20 heavy (non-hydrogen) atoms. The number of hydrogen-bond acceptors (Lipinski definition) is 3. The van der Waals surface area contributed by atoms with Gasteiger partial charge in [-0.15, -0.1) is 0 Å². The van der Waals surface area contributed by atoms with Gasteiger partial charge >= 0.3 is 6.18 Å². The Morgan fingerprint density at radius 1 is 1.35 bits per heavy atom. The molecule has 116 valence electrons. The van der Waals surface area contributed by atoms with Crippen LogP contribution in [0.4, 0.5) is 13.2 Å². The molecule has 8 heteroatoms. The Morgan fingerprint density at radius 2 is 2.00 bits per heavy atom. The molecule has 0 spiro atoms. The van der Waals surface area contributed by atoms with Gasteiger partial charge in [-0.2, -0.15) is 13.2 Å². The van der Waals surface area contributed by atoms with E-state index in [1.807, 2.05) is 0 Å². The van der Waals surface area contributed by atoms with Crippen LogP contribution in [0.25, 0.3) is 0 Å². The molecular weight excluding hydrogens is 277 g/mol. The number of rotatable bonds is 4. The highest BCUT2D eigenvalue weighted by Gasteiger charge is 2.48. The Bertz CT molecular complexity index is 360. The molecule has 0 aromatic rings. The molecule has 0 aliphatic carbocycles. The van der Waals surface area contributed by atoms with E-state index in [-0.39, 0.29) is 38.5 Å².